The van der Waals surface area contributed by atoms with Gasteiger partial charge in [-0.25, -0.2) is 4.39 Å². The lowest BCUT2D eigenvalue weighted by atomic mass is 10.2. The summed E-state index contributed by atoms with van der Waals surface area (Å²) in [6, 6.07) is 20.4. The molecule has 3 rings (SSSR count). The molecule has 2 N–H and O–H groups in total. The van der Waals surface area contributed by atoms with Crippen molar-refractivity contribution in [1.82, 2.24) is 10.6 Å². The summed E-state index contributed by atoms with van der Waals surface area (Å²) in [5.41, 5.74) is 1.44. The summed E-state index contributed by atoms with van der Waals surface area (Å²) in [7, 11) is 0. The lowest BCUT2D eigenvalue weighted by Gasteiger charge is -2.12. The minimum absolute atomic E-state index is 0.0665. The van der Waals surface area contributed by atoms with Crippen LogP contribution in [0.1, 0.15) is 29.8 Å². The van der Waals surface area contributed by atoms with E-state index < -0.39 is 0 Å². The summed E-state index contributed by atoms with van der Waals surface area (Å²) in [4.78, 5) is 25.4. The molecular weight excluding hydrogens is 427 g/mol. The zero-order chi connectivity index (χ0) is 22.9. The van der Waals surface area contributed by atoms with Gasteiger partial charge < -0.3 is 15.4 Å². The molecule has 0 atom stereocenters. The topological polar surface area (TPSA) is 67.4 Å². The Morgan fingerprint density at radius 2 is 1.56 bits per heavy atom. The zero-order valence-corrected chi connectivity index (χ0v) is 18.7. The quantitative estimate of drug-likeness (QED) is 0.440. The van der Waals surface area contributed by atoms with Gasteiger partial charge in [0.05, 0.1) is 11.3 Å². The van der Waals surface area contributed by atoms with E-state index in [2.05, 4.69) is 10.6 Å². The second-order valence-corrected chi connectivity index (χ2v) is 8.41. The molecule has 0 saturated carbocycles. The number of ether oxygens (including phenoxy) is 1. The molecule has 166 valence electrons. The average molecular weight is 453 g/mol. The molecule has 0 saturated heterocycles. The number of hydrogen-bond donors (Lipinski definition) is 2. The predicted molar refractivity (Wildman–Crippen MR) is 125 cm³/mol. The Kier molecular flexibility index (Phi) is 8.27. The molecule has 5 nitrogen and oxygen atoms in total. The van der Waals surface area contributed by atoms with Gasteiger partial charge in [0.1, 0.15) is 17.3 Å². The van der Waals surface area contributed by atoms with Gasteiger partial charge in [0.15, 0.2) is 0 Å². The van der Waals surface area contributed by atoms with E-state index in [0.29, 0.717) is 23.6 Å². The number of benzene rings is 3. The number of hydrogen-bond acceptors (Lipinski definition) is 4. The number of nitrogens with one attached hydrogen (secondary N) is 2. The molecule has 0 bridgehead atoms. The third-order valence-electron chi connectivity index (χ3n) is 4.37. The minimum Gasteiger partial charge on any atom is -0.457 e. The van der Waals surface area contributed by atoms with E-state index in [1.54, 1.807) is 36.4 Å². The van der Waals surface area contributed by atoms with Gasteiger partial charge in [-0.05, 0) is 67.9 Å². The number of rotatable bonds is 9. The van der Waals surface area contributed by atoms with Crippen LogP contribution in [0.2, 0.25) is 0 Å². The number of carbonyl (C=O) groups excluding carboxylic acids is 2. The van der Waals surface area contributed by atoms with Gasteiger partial charge in [-0.3, -0.25) is 9.59 Å². The van der Waals surface area contributed by atoms with Crippen LogP contribution in [0.5, 0.6) is 11.5 Å². The average Bonchev–Trinajstić information content (AvgIpc) is 2.78. The highest BCUT2D eigenvalue weighted by Crippen LogP contribution is 2.24. The van der Waals surface area contributed by atoms with Crippen LogP contribution >= 0.6 is 11.8 Å². The normalized spacial score (nSPS) is 10.6. The highest BCUT2D eigenvalue weighted by Gasteiger charge is 2.13. The molecule has 0 aliphatic carbocycles. The first-order chi connectivity index (χ1) is 15.4. The maximum Gasteiger partial charge on any atom is 0.252 e. The van der Waals surface area contributed by atoms with E-state index in [-0.39, 0.29) is 29.4 Å². The van der Waals surface area contributed by atoms with Gasteiger partial charge in [-0.15, -0.1) is 11.8 Å². The van der Waals surface area contributed by atoms with E-state index in [4.69, 9.17) is 4.74 Å². The first-order valence-electron chi connectivity index (χ1n) is 10.2. The number of amides is 2. The summed E-state index contributed by atoms with van der Waals surface area (Å²) >= 11 is 1.34. The number of halogens is 1. The highest BCUT2D eigenvalue weighted by molar-refractivity contribution is 8.00. The Morgan fingerprint density at radius 3 is 2.22 bits per heavy atom. The molecule has 3 aromatic carbocycles. The van der Waals surface area contributed by atoms with Crippen molar-refractivity contribution in [2.24, 2.45) is 0 Å². The maximum atomic E-state index is 13.0. The summed E-state index contributed by atoms with van der Waals surface area (Å²) in [6.45, 7) is 4.17. The maximum absolute atomic E-state index is 13.0. The van der Waals surface area contributed by atoms with Crippen LogP contribution in [0.3, 0.4) is 0 Å². The summed E-state index contributed by atoms with van der Waals surface area (Å²) < 4.78 is 18.7. The van der Waals surface area contributed by atoms with Crippen LogP contribution < -0.4 is 15.4 Å². The largest absolute Gasteiger partial charge is 0.457 e. The Morgan fingerprint density at radius 1 is 0.938 bits per heavy atom. The molecule has 0 aliphatic heterocycles. The highest BCUT2D eigenvalue weighted by atomic mass is 32.2. The Hall–Kier alpha value is -3.32. The molecule has 0 radical (unpaired) electrons. The molecule has 0 spiro atoms. The van der Waals surface area contributed by atoms with Crippen molar-refractivity contribution >= 4 is 23.6 Å². The van der Waals surface area contributed by atoms with Crippen molar-refractivity contribution in [2.45, 2.75) is 31.3 Å². The van der Waals surface area contributed by atoms with Gasteiger partial charge in [0.25, 0.3) is 5.91 Å². The first-order valence-corrected chi connectivity index (χ1v) is 11.2. The van der Waals surface area contributed by atoms with Crippen LogP contribution in [-0.4, -0.2) is 23.6 Å². The van der Waals surface area contributed by atoms with Crippen molar-refractivity contribution < 1.29 is 18.7 Å². The fourth-order valence-electron chi connectivity index (χ4n) is 2.88. The third-order valence-corrected chi connectivity index (χ3v) is 5.44. The number of thioether (sulfide) groups is 1. The molecule has 0 fully saturated rings. The fourth-order valence-corrected chi connectivity index (χ4v) is 3.74. The minimum atomic E-state index is -0.317. The molecule has 32 heavy (non-hydrogen) atoms. The lowest BCUT2D eigenvalue weighted by Crippen LogP contribution is -2.31. The van der Waals surface area contributed by atoms with Crippen molar-refractivity contribution in [3.8, 4) is 11.5 Å². The van der Waals surface area contributed by atoms with E-state index in [0.717, 1.165) is 10.5 Å². The third kappa shape index (κ3) is 7.13. The summed E-state index contributed by atoms with van der Waals surface area (Å²) in [6.07, 6.45) is 0. The molecule has 2 amide bonds. The fraction of sp³-hybridized carbons (Fsp3) is 0.200. The zero-order valence-electron chi connectivity index (χ0n) is 17.9. The Bertz CT molecular complexity index is 1050. The van der Waals surface area contributed by atoms with Gasteiger partial charge in [0.2, 0.25) is 5.91 Å². The van der Waals surface area contributed by atoms with E-state index in [1.807, 2.05) is 38.1 Å². The summed E-state index contributed by atoms with van der Waals surface area (Å²) in [5, 5.41) is 5.76. The lowest BCUT2D eigenvalue weighted by molar-refractivity contribution is -0.119. The first kappa shape index (κ1) is 23.3. The van der Waals surface area contributed by atoms with Gasteiger partial charge in [-0.1, -0.05) is 24.3 Å². The summed E-state index contributed by atoms with van der Waals surface area (Å²) in [5.74, 6) is 0.823. The second kappa shape index (κ2) is 11.3. The van der Waals surface area contributed by atoms with Crippen molar-refractivity contribution in [2.75, 3.05) is 5.75 Å². The molecule has 0 unspecified atom stereocenters. The predicted octanol–water partition coefficient (Wildman–Crippen LogP) is 5.16. The monoisotopic (exact) mass is 452 g/mol. The molecular formula is C25H25FN2O3S. The molecule has 0 aromatic heterocycles. The smallest absolute Gasteiger partial charge is 0.252 e. The Labute approximate surface area is 191 Å². The van der Waals surface area contributed by atoms with Gasteiger partial charge in [0, 0.05) is 17.5 Å². The standard InChI is InChI=1S/C25H25FN2O3S/c1-17(2)28-24(29)16-32-23-6-4-3-5-22(23)25(30)27-15-18-7-11-20(12-8-18)31-21-13-9-19(26)10-14-21/h3-14,17H,15-16H2,1-2H3,(H,27,30)(H,28,29). The SMILES string of the molecule is CC(C)NC(=O)CSc1ccccc1C(=O)NCc1ccc(Oc2ccc(F)cc2)cc1. The molecule has 3 aromatic rings. The number of carbonyl (C=O) groups is 2. The Balaban J connectivity index is 1.55. The molecule has 0 aliphatic rings. The van der Waals surface area contributed by atoms with Crippen molar-refractivity contribution in [3.63, 3.8) is 0 Å². The van der Waals surface area contributed by atoms with Crippen LogP contribution in [0.25, 0.3) is 0 Å². The van der Waals surface area contributed by atoms with Crippen LogP contribution in [-0.2, 0) is 11.3 Å². The van der Waals surface area contributed by atoms with Crippen molar-refractivity contribution in [1.29, 1.82) is 0 Å². The van der Waals surface area contributed by atoms with Crippen molar-refractivity contribution in [3.05, 3.63) is 89.7 Å². The second-order valence-electron chi connectivity index (χ2n) is 7.39. The van der Waals surface area contributed by atoms with Crippen LogP contribution in [0.15, 0.2) is 77.7 Å². The van der Waals surface area contributed by atoms with Gasteiger partial charge in [-0.2, -0.15) is 0 Å². The van der Waals surface area contributed by atoms with Crippen LogP contribution in [0.4, 0.5) is 4.39 Å². The van der Waals surface area contributed by atoms with E-state index in [9.17, 15) is 14.0 Å². The van der Waals surface area contributed by atoms with Crippen LogP contribution in [0, 0.1) is 5.82 Å². The molecule has 0 heterocycles. The van der Waals surface area contributed by atoms with E-state index >= 15 is 0 Å². The van der Waals surface area contributed by atoms with E-state index in [1.165, 1.54) is 23.9 Å². The van der Waals surface area contributed by atoms with Gasteiger partial charge >= 0.3 is 0 Å². The molecule has 7 heteroatoms.